The molecule has 1 aliphatic heterocycles. The van der Waals surface area contributed by atoms with Gasteiger partial charge in [0.1, 0.15) is 5.54 Å². The third-order valence-electron chi connectivity index (χ3n) is 7.58. The molecule has 1 saturated carbocycles. The van der Waals surface area contributed by atoms with Crippen molar-refractivity contribution in [2.75, 3.05) is 0 Å². The summed E-state index contributed by atoms with van der Waals surface area (Å²) in [6, 6.07) is 0.237. The summed E-state index contributed by atoms with van der Waals surface area (Å²) in [5.41, 5.74) is -1.81. The van der Waals surface area contributed by atoms with Crippen LogP contribution in [0.15, 0.2) is 23.8 Å². The molecule has 0 saturated heterocycles. The lowest BCUT2D eigenvalue weighted by Gasteiger charge is -2.52. The van der Waals surface area contributed by atoms with E-state index in [2.05, 4.69) is 10.6 Å². The SMILES string of the molecule is CCCCCC(=O)NC1CCCCC1(C(C1=CC(=O)NC1=O)n1c(O)ccc1O)N(O)C(=O)CCCCC. The molecular formula is C27H40N4O7. The Bertz CT molecular complexity index is 1050. The smallest absolute Gasteiger partial charge is 0.256 e. The highest BCUT2D eigenvalue weighted by Gasteiger charge is 2.57. The van der Waals surface area contributed by atoms with Crippen molar-refractivity contribution in [1.29, 1.82) is 0 Å². The molecule has 3 rings (SSSR count). The predicted octanol–water partition coefficient (Wildman–Crippen LogP) is 3.20. The minimum absolute atomic E-state index is 0.0315. The van der Waals surface area contributed by atoms with E-state index in [9.17, 15) is 34.6 Å². The van der Waals surface area contributed by atoms with E-state index in [-0.39, 0.29) is 30.7 Å². The molecule has 1 aliphatic carbocycles. The number of carbonyl (C=O) groups excluding carboxylic acids is 4. The van der Waals surface area contributed by atoms with Gasteiger partial charge in [0.2, 0.25) is 11.8 Å². The van der Waals surface area contributed by atoms with Gasteiger partial charge in [0, 0.05) is 36.6 Å². The summed E-state index contributed by atoms with van der Waals surface area (Å²) in [5.74, 6) is -3.17. The van der Waals surface area contributed by atoms with Gasteiger partial charge in [-0.05, 0) is 25.7 Å². The molecule has 1 fully saturated rings. The zero-order valence-corrected chi connectivity index (χ0v) is 22.2. The second kappa shape index (κ2) is 12.9. The fourth-order valence-corrected chi connectivity index (χ4v) is 5.69. The lowest BCUT2D eigenvalue weighted by atomic mass is 9.69. The molecule has 3 atom stereocenters. The maximum absolute atomic E-state index is 13.4. The second-order valence-corrected chi connectivity index (χ2v) is 10.2. The van der Waals surface area contributed by atoms with Crippen LogP contribution in [0.4, 0.5) is 0 Å². The number of nitrogens with zero attached hydrogens (tertiary/aromatic N) is 2. The Morgan fingerprint density at radius 3 is 2.29 bits per heavy atom. The van der Waals surface area contributed by atoms with Crippen LogP contribution in [0.1, 0.15) is 96.9 Å². The van der Waals surface area contributed by atoms with E-state index in [0.29, 0.717) is 37.2 Å². The van der Waals surface area contributed by atoms with Crippen LogP contribution in [0.25, 0.3) is 0 Å². The fraction of sp³-hybridized carbons (Fsp3) is 0.630. The lowest BCUT2D eigenvalue weighted by Crippen LogP contribution is -2.68. The van der Waals surface area contributed by atoms with Crippen molar-refractivity contribution in [1.82, 2.24) is 20.3 Å². The largest absolute Gasteiger partial charge is 0.494 e. The van der Waals surface area contributed by atoms with Crippen LogP contribution in [0.3, 0.4) is 0 Å². The molecule has 0 aromatic carbocycles. The van der Waals surface area contributed by atoms with Crippen molar-refractivity contribution >= 4 is 23.6 Å². The van der Waals surface area contributed by atoms with Gasteiger partial charge in [-0.15, -0.1) is 0 Å². The number of hydrogen-bond donors (Lipinski definition) is 5. The summed E-state index contributed by atoms with van der Waals surface area (Å²) in [6.45, 7) is 4.02. The number of hydrogen-bond acceptors (Lipinski definition) is 7. The zero-order chi connectivity index (χ0) is 27.9. The van der Waals surface area contributed by atoms with Crippen molar-refractivity contribution < 1.29 is 34.6 Å². The maximum Gasteiger partial charge on any atom is 0.256 e. The van der Waals surface area contributed by atoms with Gasteiger partial charge in [-0.3, -0.25) is 34.3 Å². The van der Waals surface area contributed by atoms with Crippen LogP contribution < -0.4 is 10.6 Å². The maximum atomic E-state index is 13.4. The Labute approximate surface area is 222 Å². The van der Waals surface area contributed by atoms with Gasteiger partial charge >= 0.3 is 0 Å². The number of imide groups is 1. The Kier molecular flexibility index (Phi) is 9.96. The molecule has 3 unspecified atom stereocenters. The second-order valence-electron chi connectivity index (χ2n) is 10.2. The van der Waals surface area contributed by atoms with Crippen LogP contribution in [-0.2, 0) is 19.2 Å². The quantitative estimate of drug-likeness (QED) is 0.113. The van der Waals surface area contributed by atoms with Gasteiger partial charge in [0.05, 0.1) is 12.1 Å². The first-order chi connectivity index (χ1) is 18.2. The van der Waals surface area contributed by atoms with E-state index in [4.69, 9.17) is 0 Å². The van der Waals surface area contributed by atoms with Gasteiger partial charge in [-0.25, -0.2) is 5.06 Å². The van der Waals surface area contributed by atoms with E-state index in [1.165, 1.54) is 12.1 Å². The molecule has 5 N–H and O–H groups in total. The molecule has 1 aromatic rings. The van der Waals surface area contributed by atoms with E-state index in [1.54, 1.807) is 0 Å². The standard InChI is InChI=1S/C27H40N4O7/c1-3-5-7-12-20(32)28-19-11-9-10-16-27(19,31(38)24(36)13-8-6-4-2)25(18-17-21(33)29-26(18)37)30-22(34)14-15-23(30)35/h14-15,17,19,25,34-35,38H,3-13,16H2,1-2H3,(H,28,32)(H,29,33,37). The minimum Gasteiger partial charge on any atom is -0.494 e. The monoisotopic (exact) mass is 532 g/mol. The molecular weight excluding hydrogens is 492 g/mol. The topological polar surface area (TPSA) is 161 Å². The van der Waals surface area contributed by atoms with Crippen molar-refractivity contribution in [3.63, 3.8) is 0 Å². The van der Waals surface area contributed by atoms with Crippen molar-refractivity contribution in [2.24, 2.45) is 0 Å². The molecule has 0 bridgehead atoms. The van der Waals surface area contributed by atoms with E-state index < -0.39 is 47.1 Å². The number of aromatic nitrogens is 1. The molecule has 4 amide bonds. The predicted molar refractivity (Wildman–Crippen MR) is 138 cm³/mol. The Morgan fingerprint density at radius 1 is 1.08 bits per heavy atom. The molecule has 210 valence electrons. The van der Waals surface area contributed by atoms with Crippen LogP contribution in [-0.4, -0.2) is 60.3 Å². The van der Waals surface area contributed by atoms with Crippen LogP contribution in [0.2, 0.25) is 0 Å². The molecule has 0 spiro atoms. The molecule has 11 nitrogen and oxygen atoms in total. The Balaban J connectivity index is 2.18. The zero-order valence-electron chi connectivity index (χ0n) is 22.2. The van der Waals surface area contributed by atoms with E-state index >= 15 is 0 Å². The number of hydroxylamine groups is 2. The first-order valence-corrected chi connectivity index (χ1v) is 13.6. The summed E-state index contributed by atoms with van der Waals surface area (Å²) in [5, 5.41) is 38.9. The third kappa shape index (κ3) is 6.03. The summed E-state index contributed by atoms with van der Waals surface area (Å²) in [7, 11) is 0. The molecule has 1 aromatic heterocycles. The third-order valence-corrected chi connectivity index (χ3v) is 7.58. The molecule has 2 aliphatic rings. The Morgan fingerprint density at radius 2 is 1.71 bits per heavy atom. The molecule has 2 heterocycles. The number of carbonyl (C=O) groups is 4. The number of amides is 4. The van der Waals surface area contributed by atoms with Crippen LogP contribution in [0, 0.1) is 0 Å². The van der Waals surface area contributed by atoms with Crippen molar-refractivity contribution in [3.05, 3.63) is 23.8 Å². The lowest BCUT2D eigenvalue weighted by molar-refractivity contribution is -0.213. The number of nitrogens with one attached hydrogen (secondary N) is 2. The average molecular weight is 533 g/mol. The molecule has 38 heavy (non-hydrogen) atoms. The highest BCUT2D eigenvalue weighted by atomic mass is 16.5. The summed E-state index contributed by atoms with van der Waals surface area (Å²) in [4.78, 5) is 51.6. The first-order valence-electron chi connectivity index (χ1n) is 13.6. The fourth-order valence-electron chi connectivity index (χ4n) is 5.69. The van der Waals surface area contributed by atoms with Crippen molar-refractivity contribution in [3.8, 4) is 11.8 Å². The van der Waals surface area contributed by atoms with Gasteiger partial charge in [0.15, 0.2) is 11.8 Å². The van der Waals surface area contributed by atoms with Gasteiger partial charge < -0.3 is 15.5 Å². The Hall–Kier alpha value is -3.34. The average Bonchev–Trinajstić information content (AvgIpc) is 3.39. The van der Waals surface area contributed by atoms with Gasteiger partial charge in [-0.2, -0.15) is 0 Å². The highest BCUT2D eigenvalue weighted by Crippen LogP contribution is 2.49. The summed E-state index contributed by atoms with van der Waals surface area (Å²) < 4.78 is 1.04. The highest BCUT2D eigenvalue weighted by molar-refractivity contribution is 6.16. The number of aromatic hydroxyl groups is 2. The van der Waals surface area contributed by atoms with Crippen molar-refractivity contribution in [2.45, 2.75) is 109 Å². The van der Waals surface area contributed by atoms with Gasteiger partial charge in [0.25, 0.3) is 11.8 Å². The van der Waals surface area contributed by atoms with Crippen LogP contribution >= 0.6 is 0 Å². The summed E-state index contributed by atoms with van der Waals surface area (Å²) >= 11 is 0. The first kappa shape index (κ1) is 29.2. The molecule has 11 heteroatoms. The summed E-state index contributed by atoms with van der Waals surface area (Å²) in [6.07, 6.45) is 7.71. The minimum atomic E-state index is -1.68. The molecule has 0 radical (unpaired) electrons. The van der Waals surface area contributed by atoms with Crippen LogP contribution in [0.5, 0.6) is 11.8 Å². The number of rotatable bonds is 13. The van der Waals surface area contributed by atoms with E-state index in [1.807, 2.05) is 13.8 Å². The normalized spacial score (nSPS) is 22.1. The van der Waals surface area contributed by atoms with E-state index in [0.717, 1.165) is 36.3 Å². The number of unbranched alkanes of at least 4 members (excludes halogenated alkanes) is 4. The van der Waals surface area contributed by atoms with Gasteiger partial charge in [-0.1, -0.05) is 52.4 Å².